The minimum Gasteiger partial charge on any atom is -0.396 e. The quantitative estimate of drug-likeness (QED) is 0.748. The zero-order valence-electron chi connectivity index (χ0n) is 10.5. The van der Waals surface area contributed by atoms with E-state index in [0.29, 0.717) is 0 Å². The van der Waals surface area contributed by atoms with Crippen LogP contribution < -0.4 is 5.73 Å². The van der Waals surface area contributed by atoms with Crippen LogP contribution in [0.15, 0.2) is 0 Å². The Bertz CT molecular complexity index is 270. The Hall–Kier alpha value is -0.610. The molecule has 1 aliphatic carbocycles. The van der Waals surface area contributed by atoms with Crippen LogP contribution in [-0.4, -0.2) is 41.7 Å². The summed E-state index contributed by atoms with van der Waals surface area (Å²) in [5, 5.41) is 9.19. The van der Waals surface area contributed by atoms with E-state index >= 15 is 0 Å². The number of likely N-dealkylation sites (tertiary alicyclic amines) is 1. The third-order valence-electron chi connectivity index (χ3n) is 4.23. The molecule has 98 valence electrons. The van der Waals surface area contributed by atoms with Gasteiger partial charge < -0.3 is 15.7 Å². The lowest BCUT2D eigenvalue weighted by molar-refractivity contribution is -0.139. The Labute approximate surface area is 103 Å². The predicted molar refractivity (Wildman–Crippen MR) is 66.3 cm³/mol. The first-order valence-corrected chi connectivity index (χ1v) is 6.87. The Morgan fingerprint density at radius 1 is 1.24 bits per heavy atom. The fourth-order valence-electron chi connectivity index (χ4n) is 3.11. The van der Waals surface area contributed by atoms with E-state index in [0.717, 1.165) is 51.6 Å². The molecule has 3 N–H and O–H groups in total. The number of amides is 1. The number of piperidine rings is 1. The van der Waals surface area contributed by atoms with Crippen molar-refractivity contribution in [1.82, 2.24) is 4.90 Å². The summed E-state index contributed by atoms with van der Waals surface area (Å²) in [5.41, 5.74) is 6.06. The molecular weight excluding hydrogens is 216 g/mol. The Morgan fingerprint density at radius 3 is 2.71 bits per heavy atom. The van der Waals surface area contributed by atoms with Crippen LogP contribution in [-0.2, 0) is 4.79 Å². The predicted octanol–water partition coefficient (Wildman–Crippen LogP) is 0.735. The smallest absolute Gasteiger partial charge is 0.227 e. The number of carbonyl (C=O) groups is 1. The lowest BCUT2D eigenvalue weighted by atomic mass is 9.83. The maximum atomic E-state index is 12.4. The summed E-state index contributed by atoms with van der Waals surface area (Å²) in [5.74, 6) is 0.532. The average molecular weight is 240 g/mol. The topological polar surface area (TPSA) is 66.6 Å². The van der Waals surface area contributed by atoms with Gasteiger partial charge in [-0.1, -0.05) is 12.8 Å². The molecule has 0 spiro atoms. The van der Waals surface area contributed by atoms with Gasteiger partial charge in [-0.2, -0.15) is 0 Å². The van der Waals surface area contributed by atoms with Crippen molar-refractivity contribution in [2.45, 2.75) is 44.6 Å². The third kappa shape index (κ3) is 2.99. The van der Waals surface area contributed by atoms with Gasteiger partial charge in [-0.05, 0) is 31.6 Å². The lowest BCUT2D eigenvalue weighted by Gasteiger charge is -2.37. The van der Waals surface area contributed by atoms with Crippen LogP contribution >= 0.6 is 0 Å². The van der Waals surface area contributed by atoms with Crippen molar-refractivity contribution in [2.24, 2.45) is 17.6 Å². The molecule has 1 aliphatic heterocycles. The summed E-state index contributed by atoms with van der Waals surface area (Å²) in [4.78, 5) is 14.3. The van der Waals surface area contributed by atoms with E-state index in [9.17, 15) is 9.90 Å². The number of carbonyl (C=O) groups excluding carboxylic acids is 1. The molecule has 1 amide bonds. The number of nitrogens with zero attached hydrogens (tertiary/aromatic N) is 1. The first kappa shape index (κ1) is 12.8. The molecule has 2 aliphatic rings. The van der Waals surface area contributed by atoms with E-state index in [4.69, 9.17) is 5.73 Å². The molecule has 0 aromatic carbocycles. The highest BCUT2D eigenvalue weighted by Crippen LogP contribution is 2.26. The SMILES string of the molecule is NC1CCCCC1C(=O)N1CCCC(CO)C1. The van der Waals surface area contributed by atoms with Crippen molar-refractivity contribution in [2.75, 3.05) is 19.7 Å². The molecule has 4 nitrogen and oxygen atoms in total. The summed E-state index contributed by atoms with van der Waals surface area (Å²) in [6.07, 6.45) is 6.26. The van der Waals surface area contributed by atoms with Crippen molar-refractivity contribution in [3.63, 3.8) is 0 Å². The highest BCUT2D eigenvalue weighted by Gasteiger charge is 2.33. The fourth-order valence-corrected chi connectivity index (χ4v) is 3.11. The van der Waals surface area contributed by atoms with Crippen LogP contribution in [0.3, 0.4) is 0 Å². The van der Waals surface area contributed by atoms with E-state index in [2.05, 4.69) is 0 Å². The molecule has 2 fully saturated rings. The number of hydrogen-bond donors (Lipinski definition) is 2. The van der Waals surface area contributed by atoms with E-state index < -0.39 is 0 Å². The second-order valence-electron chi connectivity index (χ2n) is 5.53. The normalized spacial score (nSPS) is 34.7. The maximum Gasteiger partial charge on any atom is 0.227 e. The number of aliphatic hydroxyl groups excluding tert-OH is 1. The molecule has 3 unspecified atom stereocenters. The number of aliphatic hydroxyl groups is 1. The minimum absolute atomic E-state index is 0.0289. The zero-order valence-corrected chi connectivity index (χ0v) is 10.5. The van der Waals surface area contributed by atoms with Gasteiger partial charge in [0.2, 0.25) is 5.91 Å². The van der Waals surface area contributed by atoms with Crippen molar-refractivity contribution < 1.29 is 9.90 Å². The molecule has 0 radical (unpaired) electrons. The second-order valence-corrected chi connectivity index (χ2v) is 5.53. The van der Waals surface area contributed by atoms with Gasteiger partial charge in [0.05, 0.1) is 5.92 Å². The molecule has 2 rings (SSSR count). The van der Waals surface area contributed by atoms with E-state index in [1.54, 1.807) is 0 Å². The van der Waals surface area contributed by atoms with Gasteiger partial charge >= 0.3 is 0 Å². The van der Waals surface area contributed by atoms with Crippen molar-refractivity contribution >= 4 is 5.91 Å². The number of hydrogen-bond acceptors (Lipinski definition) is 3. The second kappa shape index (κ2) is 5.83. The number of rotatable bonds is 2. The van der Waals surface area contributed by atoms with Gasteiger partial charge in [-0.3, -0.25) is 4.79 Å². The summed E-state index contributed by atoms with van der Waals surface area (Å²) < 4.78 is 0. The monoisotopic (exact) mass is 240 g/mol. The summed E-state index contributed by atoms with van der Waals surface area (Å²) in [6.45, 7) is 1.76. The lowest BCUT2D eigenvalue weighted by Crippen LogP contribution is -2.49. The third-order valence-corrected chi connectivity index (χ3v) is 4.23. The summed E-state index contributed by atoms with van der Waals surface area (Å²) in [6, 6.07) is 0.0470. The van der Waals surface area contributed by atoms with Crippen LogP contribution in [0.2, 0.25) is 0 Å². The molecule has 0 bridgehead atoms. The average Bonchev–Trinajstić information content (AvgIpc) is 2.38. The van der Waals surface area contributed by atoms with Gasteiger partial charge in [-0.15, -0.1) is 0 Å². The van der Waals surface area contributed by atoms with Gasteiger partial charge in [0, 0.05) is 25.7 Å². The largest absolute Gasteiger partial charge is 0.396 e. The summed E-state index contributed by atoms with van der Waals surface area (Å²) in [7, 11) is 0. The van der Waals surface area contributed by atoms with Crippen LogP contribution in [0, 0.1) is 11.8 Å². The van der Waals surface area contributed by atoms with Crippen LogP contribution in [0.1, 0.15) is 38.5 Å². The Morgan fingerprint density at radius 2 is 2.00 bits per heavy atom. The molecule has 1 saturated carbocycles. The Balaban J connectivity index is 1.93. The summed E-state index contributed by atoms with van der Waals surface area (Å²) >= 11 is 0. The van der Waals surface area contributed by atoms with Gasteiger partial charge in [0.25, 0.3) is 0 Å². The molecule has 17 heavy (non-hydrogen) atoms. The maximum absolute atomic E-state index is 12.4. The number of nitrogens with two attached hydrogens (primary N) is 1. The van der Waals surface area contributed by atoms with E-state index in [1.807, 2.05) is 4.90 Å². The minimum atomic E-state index is 0.0289. The van der Waals surface area contributed by atoms with Gasteiger partial charge in [0.15, 0.2) is 0 Å². The van der Waals surface area contributed by atoms with Gasteiger partial charge in [-0.25, -0.2) is 0 Å². The highest BCUT2D eigenvalue weighted by molar-refractivity contribution is 5.79. The van der Waals surface area contributed by atoms with Crippen LogP contribution in [0.4, 0.5) is 0 Å². The molecule has 1 heterocycles. The first-order valence-electron chi connectivity index (χ1n) is 6.87. The first-order chi connectivity index (χ1) is 8.22. The molecule has 1 saturated heterocycles. The zero-order chi connectivity index (χ0) is 12.3. The van der Waals surface area contributed by atoms with E-state index in [1.165, 1.54) is 0 Å². The fraction of sp³-hybridized carbons (Fsp3) is 0.923. The van der Waals surface area contributed by atoms with Crippen LogP contribution in [0.25, 0.3) is 0 Å². The van der Waals surface area contributed by atoms with Crippen molar-refractivity contribution in [3.05, 3.63) is 0 Å². The molecule has 3 atom stereocenters. The molecule has 0 aromatic rings. The molecule has 4 heteroatoms. The standard InChI is InChI=1S/C13H24N2O2/c14-12-6-2-1-5-11(12)13(17)15-7-3-4-10(8-15)9-16/h10-12,16H,1-9,14H2. The molecular formula is C13H24N2O2. The van der Waals surface area contributed by atoms with Gasteiger partial charge in [0.1, 0.15) is 0 Å². The highest BCUT2D eigenvalue weighted by atomic mass is 16.3. The van der Waals surface area contributed by atoms with Crippen molar-refractivity contribution in [1.29, 1.82) is 0 Å². The van der Waals surface area contributed by atoms with Crippen LogP contribution in [0.5, 0.6) is 0 Å². The molecule has 0 aromatic heterocycles. The Kier molecular flexibility index (Phi) is 4.40. The van der Waals surface area contributed by atoms with Crippen molar-refractivity contribution in [3.8, 4) is 0 Å². The van der Waals surface area contributed by atoms with E-state index in [-0.39, 0.29) is 30.4 Å².